The van der Waals surface area contributed by atoms with Crippen LogP contribution >= 0.6 is 0 Å². The number of hydrogen-bond acceptors (Lipinski definition) is 0. The molecule has 0 spiro atoms. The average molecular weight is 313 g/mol. The van der Waals surface area contributed by atoms with Crippen molar-refractivity contribution in [1.82, 2.24) is 0 Å². The second-order valence-corrected chi connectivity index (χ2v) is 8.88. The lowest BCUT2D eigenvalue weighted by Gasteiger charge is -2.41. The van der Waals surface area contributed by atoms with Crippen LogP contribution in [0.1, 0.15) is 100 Å². The third-order valence-electron chi connectivity index (χ3n) is 7.68. The van der Waals surface area contributed by atoms with E-state index in [1.165, 1.54) is 19.3 Å². The van der Waals surface area contributed by atoms with E-state index in [0.717, 1.165) is 35.5 Å². The highest BCUT2D eigenvalue weighted by atomic mass is 16.0. The van der Waals surface area contributed by atoms with Gasteiger partial charge < -0.3 is 5.48 Å². The van der Waals surface area contributed by atoms with Gasteiger partial charge in [0.05, 0.1) is 0 Å². The van der Waals surface area contributed by atoms with E-state index in [1.807, 2.05) is 0 Å². The van der Waals surface area contributed by atoms with Crippen molar-refractivity contribution in [2.24, 2.45) is 35.5 Å². The molecule has 1 heteroatoms. The second kappa shape index (κ2) is 8.71. The summed E-state index contributed by atoms with van der Waals surface area (Å²) in [4.78, 5) is 0. The summed E-state index contributed by atoms with van der Waals surface area (Å²) < 4.78 is 0. The summed E-state index contributed by atoms with van der Waals surface area (Å²) in [5, 5.41) is 0. The maximum atomic E-state index is 2.46. The number of rotatable bonds is 3. The summed E-state index contributed by atoms with van der Waals surface area (Å²) in [5.74, 6) is 6.54. The van der Waals surface area contributed by atoms with Gasteiger partial charge in [-0.2, -0.15) is 0 Å². The van der Waals surface area contributed by atoms with Crippen LogP contribution < -0.4 is 0 Å². The minimum atomic E-state index is 0. The molecule has 3 rings (SSSR count). The molecule has 3 aliphatic carbocycles. The molecule has 134 valence electrons. The standard InChI is InChI=1S/C21H38.H2O.2H2/c1-3-17-6-10-19(11-7-17)21-14-12-20(13-15-21)18-8-4-16(2)5-9-18;;;/h16-21H,3-15H2,1-2H3;1H2;2*1H. The van der Waals surface area contributed by atoms with Crippen molar-refractivity contribution < 1.29 is 8.33 Å². The Balaban J connectivity index is 0.00000176. The van der Waals surface area contributed by atoms with Crippen LogP contribution in [0, 0.1) is 35.5 Å². The topological polar surface area (TPSA) is 31.5 Å². The van der Waals surface area contributed by atoms with Gasteiger partial charge in [-0.1, -0.05) is 46.0 Å². The van der Waals surface area contributed by atoms with Crippen LogP contribution in [0.25, 0.3) is 0 Å². The molecule has 0 aromatic rings. The molecule has 22 heavy (non-hydrogen) atoms. The maximum Gasteiger partial charge on any atom is 0 e. The quantitative estimate of drug-likeness (QED) is 0.569. The monoisotopic (exact) mass is 312 g/mol. The van der Waals surface area contributed by atoms with E-state index in [-0.39, 0.29) is 8.33 Å². The summed E-state index contributed by atoms with van der Waals surface area (Å²) in [5.41, 5.74) is 0. The Labute approximate surface area is 141 Å². The fourth-order valence-electron chi connectivity index (χ4n) is 5.91. The molecule has 3 saturated carbocycles. The maximum absolute atomic E-state index is 2.46. The van der Waals surface area contributed by atoms with Crippen molar-refractivity contribution in [2.75, 3.05) is 0 Å². The molecule has 0 atom stereocenters. The van der Waals surface area contributed by atoms with Crippen LogP contribution in [0.5, 0.6) is 0 Å². The fraction of sp³-hybridized carbons (Fsp3) is 1.00. The molecular formula is C21H44O. The Morgan fingerprint density at radius 2 is 0.909 bits per heavy atom. The van der Waals surface area contributed by atoms with Crippen molar-refractivity contribution >= 4 is 0 Å². The first kappa shape index (κ1) is 18.3. The highest BCUT2D eigenvalue weighted by Crippen LogP contribution is 2.46. The van der Waals surface area contributed by atoms with Crippen molar-refractivity contribution in [1.29, 1.82) is 0 Å². The largest absolute Gasteiger partial charge is 0.412 e. The normalized spacial score (nSPS) is 43.4. The Kier molecular flexibility index (Phi) is 7.25. The Bertz CT molecular complexity index is 299. The van der Waals surface area contributed by atoms with Crippen LogP contribution in [0.3, 0.4) is 0 Å². The predicted octanol–water partition coefficient (Wildman–Crippen LogP) is 6.50. The van der Waals surface area contributed by atoms with E-state index in [2.05, 4.69) is 13.8 Å². The highest BCUT2D eigenvalue weighted by Gasteiger charge is 2.33. The summed E-state index contributed by atoms with van der Waals surface area (Å²) in [7, 11) is 0. The zero-order valence-corrected chi connectivity index (χ0v) is 15.2. The summed E-state index contributed by atoms with van der Waals surface area (Å²) in [6, 6.07) is 0. The minimum Gasteiger partial charge on any atom is -0.412 e. The van der Waals surface area contributed by atoms with Gasteiger partial charge in [0.1, 0.15) is 0 Å². The molecule has 3 aliphatic rings. The summed E-state index contributed by atoms with van der Waals surface area (Å²) >= 11 is 0. The van der Waals surface area contributed by atoms with Gasteiger partial charge in [-0.05, 0) is 86.9 Å². The van der Waals surface area contributed by atoms with Crippen LogP contribution in [0.4, 0.5) is 0 Å². The van der Waals surface area contributed by atoms with Crippen LogP contribution in [0.15, 0.2) is 0 Å². The average Bonchev–Trinajstić information content (AvgIpc) is 2.56. The van der Waals surface area contributed by atoms with E-state index in [4.69, 9.17) is 0 Å². The molecule has 0 heterocycles. The summed E-state index contributed by atoms with van der Waals surface area (Å²) in [6.45, 7) is 4.85. The van der Waals surface area contributed by atoms with E-state index < -0.39 is 0 Å². The zero-order valence-electron chi connectivity index (χ0n) is 15.2. The molecule has 0 aromatic carbocycles. The lowest BCUT2D eigenvalue weighted by Crippen LogP contribution is -2.29. The van der Waals surface area contributed by atoms with E-state index in [1.54, 1.807) is 64.2 Å². The van der Waals surface area contributed by atoms with Crippen molar-refractivity contribution in [2.45, 2.75) is 97.3 Å². The van der Waals surface area contributed by atoms with Gasteiger partial charge >= 0.3 is 0 Å². The van der Waals surface area contributed by atoms with Gasteiger partial charge in [0.25, 0.3) is 0 Å². The van der Waals surface area contributed by atoms with E-state index in [9.17, 15) is 0 Å². The van der Waals surface area contributed by atoms with Gasteiger partial charge in [0, 0.05) is 2.85 Å². The Morgan fingerprint density at radius 1 is 0.591 bits per heavy atom. The van der Waals surface area contributed by atoms with E-state index in [0.29, 0.717) is 0 Å². The molecule has 0 saturated heterocycles. The molecule has 0 bridgehead atoms. The van der Waals surface area contributed by atoms with Crippen molar-refractivity contribution in [3.05, 3.63) is 0 Å². The minimum absolute atomic E-state index is 0. The second-order valence-electron chi connectivity index (χ2n) is 8.88. The Hall–Kier alpha value is -0.0400. The summed E-state index contributed by atoms with van der Waals surface area (Å²) in [6.07, 6.45) is 20.1. The van der Waals surface area contributed by atoms with Crippen LogP contribution in [0.2, 0.25) is 0 Å². The fourth-order valence-corrected chi connectivity index (χ4v) is 5.91. The van der Waals surface area contributed by atoms with Crippen molar-refractivity contribution in [3.8, 4) is 0 Å². The molecule has 0 unspecified atom stereocenters. The zero-order chi connectivity index (χ0) is 14.7. The molecular weight excluding hydrogens is 268 g/mol. The molecule has 2 N–H and O–H groups in total. The first-order valence-corrected chi connectivity index (χ1v) is 10.3. The molecule has 0 amide bonds. The van der Waals surface area contributed by atoms with E-state index >= 15 is 0 Å². The first-order valence-electron chi connectivity index (χ1n) is 10.3. The Morgan fingerprint density at radius 3 is 1.27 bits per heavy atom. The number of hydrogen-bond donors (Lipinski definition) is 0. The third-order valence-corrected chi connectivity index (χ3v) is 7.68. The lowest BCUT2D eigenvalue weighted by molar-refractivity contribution is 0.106. The first-order chi connectivity index (χ1) is 10.3. The molecule has 0 aromatic heterocycles. The molecule has 3 fully saturated rings. The van der Waals surface area contributed by atoms with Crippen molar-refractivity contribution in [3.63, 3.8) is 0 Å². The van der Waals surface area contributed by atoms with Gasteiger partial charge in [0.15, 0.2) is 0 Å². The molecule has 1 nitrogen and oxygen atoms in total. The van der Waals surface area contributed by atoms with Gasteiger partial charge in [-0.3, -0.25) is 0 Å². The molecule has 0 radical (unpaired) electrons. The SMILES string of the molecule is CCC1CCC(C2CCC(C3CCC(C)CC3)CC2)CC1.O.[HH].[HH]. The highest BCUT2D eigenvalue weighted by molar-refractivity contribution is 4.85. The lowest BCUT2D eigenvalue weighted by atomic mass is 9.65. The predicted molar refractivity (Wildman–Crippen MR) is 100 cm³/mol. The van der Waals surface area contributed by atoms with Gasteiger partial charge in [-0.25, -0.2) is 0 Å². The van der Waals surface area contributed by atoms with Crippen LogP contribution in [-0.2, 0) is 0 Å². The van der Waals surface area contributed by atoms with Gasteiger partial charge in [-0.15, -0.1) is 0 Å². The van der Waals surface area contributed by atoms with Gasteiger partial charge in [0.2, 0.25) is 0 Å². The van der Waals surface area contributed by atoms with Crippen LogP contribution in [-0.4, -0.2) is 5.48 Å². The molecule has 0 aliphatic heterocycles. The smallest absolute Gasteiger partial charge is 0 e. The third kappa shape index (κ3) is 4.49.